The summed E-state index contributed by atoms with van der Waals surface area (Å²) in [4.78, 5) is 0. The predicted molar refractivity (Wildman–Crippen MR) is 76.0 cm³/mol. The molecule has 0 atom stereocenters. The van der Waals surface area contributed by atoms with Gasteiger partial charge in [-0.2, -0.15) is 5.10 Å². The van der Waals surface area contributed by atoms with E-state index in [4.69, 9.17) is 5.73 Å². The number of anilines is 1. The molecule has 2 N–H and O–H groups in total. The summed E-state index contributed by atoms with van der Waals surface area (Å²) >= 11 is 0. The topological polar surface area (TPSA) is 43.8 Å². The van der Waals surface area contributed by atoms with Gasteiger partial charge in [-0.3, -0.25) is 0 Å². The van der Waals surface area contributed by atoms with Crippen molar-refractivity contribution in [2.24, 2.45) is 5.92 Å². The third kappa shape index (κ3) is 2.73. The maximum absolute atomic E-state index is 6.05. The van der Waals surface area contributed by atoms with Crippen LogP contribution in [0, 0.1) is 19.8 Å². The first-order chi connectivity index (χ1) is 8.45. The minimum absolute atomic E-state index is 0.590. The summed E-state index contributed by atoms with van der Waals surface area (Å²) in [7, 11) is 0. The molecular formula is C15H21N3. The van der Waals surface area contributed by atoms with Gasteiger partial charge < -0.3 is 5.73 Å². The van der Waals surface area contributed by atoms with Gasteiger partial charge in [-0.05, 0) is 49.4 Å². The van der Waals surface area contributed by atoms with Gasteiger partial charge in [0.05, 0.1) is 11.4 Å². The highest BCUT2D eigenvalue weighted by Gasteiger charge is 2.09. The van der Waals surface area contributed by atoms with Gasteiger partial charge >= 0.3 is 0 Å². The van der Waals surface area contributed by atoms with Crippen LogP contribution in [0.2, 0.25) is 0 Å². The second-order valence-electron chi connectivity index (χ2n) is 5.42. The number of hydrogen-bond donors (Lipinski definition) is 1. The van der Waals surface area contributed by atoms with Gasteiger partial charge in [0, 0.05) is 6.07 Å². The molecule has 0 radical (unpaired) electrons. The zero-order valence-corrected chi connectivity index (χ0v) is 11.6. The molecule has 0 unspecified atom stereocenters. The van der Waals surface area contributed by atoms with Crippen LogP contribution in [0.1, 0.15) is 30.7 Å². The lowest BCUT2D eigenvalue weighted by molar-refractivity contribution is 0.628. The van der Waals surface area contributed by atoms with Crippen molar-refractivity contribution in [3.05, 3.63) is 41.1 Å². The van der Waals surface area contributed by atoms with Crippen LogP contribution in [0.5, 0.6) is 0 Å². The fraction of sp³-hybridized carbons (Fsp3) is 0.400. The van der Waals surface area contributed by atoms with Crippen LogP contribution in [0.15, 0.2) is 24.3 Å². The Morgan fingerprint density at radius 2 is 1.72 bits per heavy atom. The highest BCUT2D eigenvalue weighted by atomic mass is 15.3. The van der Waals surface area contributed by atoms with E-state index in [9.17, 15) is 0 Å². The van der Waals surface area contributed by atoms with Crippen molar-refractivity contribution >= 4 is 5.82 Å². The zero-order valence-electron chi connectivity index (χ0n) is 11.6. The second-order valence-corrected chi connectivity index (χ2v) is 5.42. The van der Waals surface area contributed by atoms with E-state index >= 15 is 0 Å². The first kappa shape index (κ1) is 12.7. The van der Waals surface area contributed by atoms with Crippen LogP contribution in [-0.2, 0) is 6.42 Å². The fourth-order valence-corrected chi connectivity index (χ4v) is 2.24. The SMILES string of the molecule is Cc1cc(C)cc(-n2nc(CC(C)C)cc2N)c1. The minimum atomic E-state index is 0.590. The van der Waals surface area contributed by atoms with Crippen molar-refractivity contribution in [2.75, 3.05) is 5.73 Å². The van der Waals surface area contributed by atoms with E-state index in [1.807, 2.05) is 10.7 Å². The maximum Gasteiger partial charge on any atom is 0.127 e. The Balaban J connectivity index is 2.41. The summed E-state index contributed by atoms with van der Waals surface area (Å²) in [5.41, 5.74) is 10.6. The molecule has 3 heteroatoms. The quantitative estimate of drug-likeness (QED) is 0.899. The molecule has 0 aliphatic heterocycles. The molecule has 2 aromatic rings. The van der Waals surface area contributed by atoms with Crippen LogP contribution in [0.4, 0.5) is 5.82 Å². The van der Waals surface area contributed by atoms with Crippen LogP contribution < -0.4 is 5.73 Å². The van der Waals surface area contributed by atoms with Crippen molar-refractivity contribution < 1.29 is 0 Å². The van der Waals surface area contributed by atoms with E-state index < -0.39 is 0 Å². The first-order valence-electron chi connectivity index (χ1n) is 6.39. The molecular weight excluding hydrogens is 222 g/mol. The summed E-state index contributed by atoms with van der Waals surface area (Å²) in [5.74, 6) is 1.29. The number of aromatic nitrogens is 2. The molecule has 96 valence electrons. The molecule has 2 rings (SSSR count). The van der Waals surface area contributed by atoms with Gasteiger partial charge in [0.25, 0.3) is 0 Å². The molecule has 18 heavy (non-hydrogen) atoms. The summed E-state index contributed by atoms with van der Waals surface area (Å²) < 4.78 is 1.83. The summed E-state index contributed by atoms with van der Waals surface area (Å²) in [5, 5.41) is 4.59. The Hall–Kier alpha value is -1.77. The van der Waals surface area contributed by atoms with E-state index in [2.05, 4.69) is 51.0 Å². The lowest BCUT2D eigenvalue weighted by atomic mass is 10.1. The number of nitrogens with two attached hydrogens (primary N) is 1. The number of rotatable bonds is 3. The van der Waals surface area contributed by atoms with Gasteiger partial charge in [-0.25, -0.2) is 4.68 Å². The van der Waals surface area contributed by atoms with Crippen LogP contribution in [0.25, 0.3) is 5.69 Å². The average Bonchev–Trinajstić information content (AvgIpc) is 2.56. The summed E-state index contributed by atoms with van der Waals surface area (Å²) in [6, 6.07) is 8.33. The maximum atomic E-state index is 6.05. The van der Waals surface area contributed by atoms with Crippen LogP contribution in [0.3, 0.4) is 0 Å². The molecule has 1 aromatic heterocycles. The Morgan fingerprint density at radius 1 is 1.11 bits per heavy atom. The first-order valence-corrected chi connectivity index (χ1v) is 6.39. The number of aryl methyl sites for hydroxylation is 2. The van der Waals surface area contributed by atoms with Gasteiger partial charge in [0.15, 0.2) is 0 Å². The standard InChI is InChI=1S/C15H21N3/c1-10(2)5-13-9-15(16)18(17-13)14-7-11(3)6-12(4)8-14/h6-10H,5,16H2,1-4H3. The summed E-state index contributed by atoms with van der Waals surface area (Å²) in [6.07, 6.45) is 0.960. The van der Waals surface area contributed by atoms with Crippen molar-refractivity contribution in [1.29, 1.82) is 0 Å². The number of nitrogens with zero attached hydrogens (tertiary/aromatic N) is 2. The Bertz CT molecular complexity index is 533. The third-order valence-corrected chi connectivity index (χ3v) is 2.86. The molecule has 0 fully saturated rings. The fourth-order valence-electron chi connectivity index (χ4n) is 2.24. The molecule has 0 amide bonds. The molecule has 0 bridgehead atoms. The van der Waals surface area contributed by atoms with E-state index in [1.165, 1.54) is 11.1 Å². The largest absolute Gasteiger partial charge is 0.384 e. The predicted octanol–water partition coefficient (Wildman–Crippen LogP) is 3.27. The van der Waals surface area contributed by atoms with E-state index in [-0.39, 0.29) is 0 Å². The molecule has 3 nitrogen and oxygen atoms in total. The highest BCUT2D eigenvalue weighted by Crippen LogP contribution is 2.19. The van der Waals surface area contributed by atoms with Gasteiger partial charge in [0.1, 0.15) is 5.82 Å². The molecule has 0 spiro atoms. The number of nitrogen functional groups attached to an aromatic ring is 1. The number of benzene rings is 1. The molecule has 1 aromatic carbocycles. The van der Waals surface area contributed by atoms with Crippen LogP contribution >= 0.6 is 0 Å². The van der Waals surface area contributed by atoms with Gasteiger partial charge in [-0.15, -0.1) is 0 Å². The Kier molecular flexibility index (Phi) is 3.41. The molecule has 0 saturated carbocycles. The van der Waals surface area contributed by atoms with Gasteiger partial charge in [0.2, 0.25) is 0 Å². The Morgan fingerprint density at radius 3 is 2.28 bits per heavy atom. The van der Waals surface area contributed by atoms with E-state index in [1.54, 1.807) is 0 Å². The highest BCUT2D eigenvalue weighted by molar-refractivity contribution is 5.46. The second kappa shape index (κ2) is 4.84. The third-order valence-electron chi connectivity index (χ3n) is 2.86. The lowest BCUT2D eigenvalue weighted by Gasteiger charge is -2.07. The van der Waals surface area contributed by atoms with Crippen molar-refractivity contribution in [1.82, 2.24) is 9.78 Å². The Labute approximate surface area is 109 Å². The van der Waals surface area contributed by atoms with Crippen LogP contribution in [-0.4, -0.2) is 9.78 Å². The molecule has 0 aliphatic rings. The monoisotopic (exact) mass is 243 g/mol. The van der Waals surface area contributed by atoms with Crippen molar-refractivity contribution in [3.8, 4) is 5.69 Å². The van der Waals surface area contributed by atoms with E-state index in [0.29, 0.717) is 11.7 Å². The van der Waals surface area contributed by atoms with Gasteiger partial charge in [-0.1, -0.05) is 19.9 Å². The van der Waals surface area contributed by atoms with Crippen molar-refractivity contribution in [3.63, 3.8) is 0 Å². The smallest absolute Gasteiger partial charge is 0.127 e. The normalized spacial score (nSPS) is 11.2. The lowest BCUT2D eigenvalue weighted by Crippen LogP contribution is -2.03. The van der Waals surface area contributed by atoms with Crippen molar-refractivity contribution in [2.45, 2.75) is 34.1 Å². The molecule has 1 heterocycles. The van der Waals surface area contributed by atoms with E-state index in [0.717, 1.165) is 17.8 Å². The summed E-state index contributed by atoms with van der Waals surface area (Å²) in [6.45, 7) is 8.55. The molecule has 0 saturated heterocycles. The number of hydrogen-bond acceptors (Lipinski definition) is 2. The molecule has 0 aliphatic carbocycles. The average molecular weight is 243 g/mol. The zero-order chi connectivity index (χ0) is 13.3. The minimum Gasteiger partial charge on any atom is -0.384 e.